The van der Waals surface area contributed by atoms with Crippen molar-refractivity contribution in [3.63, 3.8) is 0 Å². The first kappa shape index (κ1) is 11.8. The van der Waals surface area contributed by atoms with Crippen molar-refractivity contribution >= 4 is 34.8 Å². The van der Waals surface area contributed by atoms with Gasteiger partial charge in [-0.05, 0) is 23.9 Å². The van der Waals surface area contributed by atoms with Crippen molar-refractivity contribution in [1.82, 2.24) is 0 Å². The molecule has 0 aliphatic carbocycles. The van der Waals surface area contributed by atoms with Crippen LogP contribution >= 0.6 is 6.34 Å². The molecule has 0 unspecified atom stereocenters. The van der Waals surface area contributed by atoms with E-state index in [-0.39, 0.29) is 0 Å². The van der Waals surface area contributed by atoms with Crippen LogP contribution in [-0.4, -0.2) is 14.1 Å². The van der Waals surface area contributed by atoms with Crippen molar-refractivity contribution in [2.75, 3.05) is 23.4 Å². The van der Waals surface area contributed by atoms with Crippen molar-refractivity contribution < 1.29 is 0 Å². The van der Waals surface area contributed by atoms with Gasteiger partial charge in [0.15, 0.2) is 6.34 Å². The molecule has 92 valence electrons. The lowest BCUT2D eigenvalue weighted by Gasteiger charge is -2.32. The fourth-order valence-electron chi connectivity index (χ4n) is 2.47. The molecule has 1 aliphatic heterocycles. The first-order valence-electron chi connectivity index (χ1n) is 5.89. The van der Waals surface area contributed by atoms with Crippen LogP contribution in [0.4, 0.5) is 11.4 Å². The van der Waals surface area contributed by atoms with Crippen molar-refractivity contribution in [2.24, 2.45) is 0 Å². The second-order valence-electron chi connectivity index (χ2n) is 4.42. The summed E-state index contributed by atoms with van der Waals surface area (Å²) in [6, 6.07) is 18.9. The molecule has 3 rings (SSSR count). The molecule has 0 radical (unpaired) electrons. The lowest BCUT2D eigenvalue weighted by molar-refractivity contribution is 1.37. The zero-order valence-electron chi connectivity index (χ0n) is 10.4. The van der Waals surface area contributed by atoms with E-state index in [0.29, 0.717) is 0 Å². The lowest BCUT2D eigenvalue weighted by atomic mass is 10.3. The standard InChI is InChI=1S/C14H15N2PS/c1-15-13-10-6-7-11-14(13)16(2)17(15,18)12-8-4-3-5-9-12/h3-11H,1-2H3. The van der Waals surface area contributed by atoms with Crippen LogP contribution in [0.3, 0.4) is 0 Å². The summed E-state index contributed by atoms with van der Waals surface area (Å²) in [6.45, 7) is 0. The van der Waals surface area contributed by atoms with E-state index in [2.05, 4.69) is 72.0 Å². The molecule has 0 saturated carbocycles. The summed E-state index contributed by atoms with van der Waals surface area (Å²) in [5.74, 6) is 0. The number of hydrogen-bond acceptors (Lipinski definition) is 1. The lowest BCUT2D eigenvalue weighted by Crippen LogP contribution is -2.26. The highest BCUT2D eigenvalue weighted by Crippen LogP contribution is 2.62. The van der Waals surface area contributed by atoms with Gasteiger partial charge in [0.1, 0.15) is 0 Å². The highest BCUT2D eigenvalue weighted by Gasteiger charge is 2.38. The third-order valence-electron chi connectivity index (χ3n) is 3.48. The SMILES string of the molecule is CN1c2ccccc2N(C)P1(=S)c1ccccc1. The maximum absolute atomic E-state index is 6.05. The van der Waals surface area contributed by atoms with Crippen LogP contribution < -0.4 is 14.6 Å². The Morgan fingerprint density at radius 3 is 1.72 bits per heavy atom. The van der Waals surface area contributed by atoms with Gasteiger partial charge in [-0.3, -0.25) is 0 Å². The molecule has 0 atom stereocenters. The molecule has 0 bridgehead atoms. The van der Waals surface area contributed by atoms with Crippen molar-refractivity contribution in [1.29, 1.82) is 0 Å². The molecule has 2 aromatic rings. The second kappa shape index (κ2) is 4.11. The summed E-state index contributed by atoms with van der Waals surface area (Å²) in [5, 5.41) is 1.24. The molecule has 1 heterocycles. The summed E-state index contributed by atoms with van der Waals surface area (Å²) in [5.41, 5.74) is 2.46. The molecule has 2 aromatic carbocycles. The summed E-state index contributed by atoms with van der Waals surface area (Å²) in [4.78, 5) is 0. The maximum Gasteiger partial charge on any atom is 0.153 e. The number of nitrogens with zero attached hydrogens (tertiary/aromatic N) is 2. The summed E-state index contributed by atoms with van der Waals surface area (Å²) >= 11 is 6.05. The van der Waals surface area contributed by atoms with E-state index in [1.54, 1.807) is 0 Å². The highest BCUT2D eigenvalue weighted by molar-refractivity contribution is 8.19. The summed E-state index contributed by atoms with van der Waals surface area (Å²) in [6.07, 6.45) is -1.89. The van der Waals surface area contributed by atoms with Gasteiger partial charge in [0.25, 0.3) is 0 Å². The Hall–Kier alpha value is -1.31. The van der Waals surface area contributed by atoms with Gasteiger partial charge >= 0.3 is 0 Å². The van der Waals surface area contributed by atoms with Crippen molar-refractivity contribution in [3.05, 3.63) is 54.6 Å². The minimum Gasteiger partial charge on any atom is -0.326 e. The van der Waals surface area contributed by atoms with E-state index in [0.717, 1.165) is 0 Å². The second-order valence-corrected chi connectivity index (χ2v) is 8.75. The number of fused-ring (bicyclic) bond motifs is 1. The predicted octanol–water partition coefficient (Wildman–Crippen LogP) is 3.21. The highest BCUT2D eigenvalue weighted by atomic mass is 32.4. The Morgan fingerprint density at radius 1 is 0.778 bits per heavy atom. The van der Waals surface area contributed by atoms with Gasteiger partial charge in [-0.25, -0.2) is 0 Å². The van der Waals surface area contributed by atoms with Crippen LogP contribution in [0, 0.1) is 0 Å². The Balaban J connectivity index is 2.20. The topological polar surface area (TPSA) is 6.48 Å². The monoisotopic (exact) mass is 274 g/mol. The molecule has 0 amide bonds. The van der Waals surface area contributed by atoms with Gasteiger partial charge in [-0.1, -0.05) is 42.5 Å². The van der Waals surface area contributed by atoms with Crippen molar-refractivity contribution in [2.45, 2.75) is 0 Å². The van der Waals surface area contributed by atoms with Gasteiger partial charge in [0, 0.05) is 19.4 Å². The zero-order chi connectivity index (χ0) is 12.8. The molecule has 0 spiro atoms. The van der Waals surface area contributed by atoms with Crippen LogP contribution in [0.1, 0.15) is 0 Å². The van der Waals surface area contributed by atoms with Gasteiger partial charge < -0.3 is 9.34 Å². The first-order valence-corrected chi connectivity index (χ1v) is 8.59. The largest absolute Gasteiger partial charge is 0.326 e. The normalized spacial score (nSPS) is 16.8. The molecule has 4 heteroatoms. The number of rotatable bonds is 1. The van der Waals surface area contributed by atoms with E-state index in [4.69, 9.17) is 11.8 Å². The van der Waals surface area contributed by atoms with Crippen LogP contribution in [0.15, 0.2) is 54.6 Å². The summed E-state index contributed by atoms with van der Waals surface area (Å²) < 4.78 is 4.54. The average molecular weight is 274 g/mol. The van der Waals surface area contributed by atoms with Crippen molar-refractivity contribution in [3.8, 4) is 0 Å². The Kier molecular flexibility index (Phi) is 2.69. The number of benzene rings is 2. The van der Waals surface area contributed by atoms with E-state index < -0.39 is 6.34 Å². The predicted molar refractivity (Wildman–Crippen MR) is 83.6 cm³/mol. The average Bonchev–Trinajstić information content (AvgIpc) is 2.64. The van der Waals surface area contributed by atoms with Crippen LogP contribution in [-0.2, 0) is 11.8 Å². The molecular formula is C14H15N2PS. The summed E-state index contributed by atoms with van der Waals surface area (Å²) in [7, 11) is 4.21. The molecule has 1 aliphatic rings. The van der Waals surface area contributed by atoms with Gasteiger partial charge in [0.05, 0.1) is 11.4 Å². The first-order chi connectivity index (χ1) is 8.65. The minimum absolute atomic E-state index is 1.23. The third kappa shape index (κ3) is 1.44. The molecule has 2 nitrogen and oxygen atoms in total. The molecule has 0 N–H and O–H groups in total. The van der Waals surface area contributed by atoms with Crippen LogP contribution in [0.5, 0.6) is 0 Å². The molecular weight excluding hydrogens is 259 g/mol. The zero-order valence-corrected chi connectivity index (χ0v) is 12.2. The van der Waals surface area contributed by atoms with Crippen LogP contribution in [0.2, 0.25) is 0 Å². The number of anilines is 2. The van der Waals surface area contributed by atoms with E-state index in [1.165, 1.54) is 16.7 Å². The quantitative estimate of drug-likeness (QED) is 0.737. The number of hydrogen-bond donors (Lipinski definition) is 0. The van der Waals surface area contributed by atoms with E-state index >= 15 is 0 Å². The Labute approximate surface area is 113 Å². The Bertz CT molecular complexity index is 594. The van der Waals surface area contributed by atoms with Gasteiger partial charge in [-0.15, -0.1) is 0 Å². The number of para-hydroxylation sites is 2. The fraction of sp³-hybridized carbons (Fsp3) is 0.143. The third-order valence-corrected chi connectivity index (χ3v) is 8.62. The molecule has 18 heavy (non-hydrogen) atoms. The Morgan fingerprint density at radius 2 is 1.22 bits per heavy atom. The molecule has 0 saturated heterocycles. The molecule has 0 fully saturated rings. The van der Waals surface area contributed by atoms with Gasteiger partial charge in [-0.2, -0.15) is 0 Å². The van der Waals surface area contributed by atoms with Crippen LogP contribution in [0.25, 0.3) is 0 Å². The van der Waals surface area contributed by atoms with E-state index in [9.17, 15) is 0 Å². The van der Waals surface area contributed by atoms with Gasteiger partial charge in [0.2, 0.25) is 0 Å². The minimum atomic E-state index is -1.89. The smallest absolute Gasteiger partial charge is 0.153 e. The molecule has 0 aromatic heterocycles. The van der Waals surface area contributed by atoms with E-state index in [1.807, 2.05) is 6.07 Å². The maximum atomic E-state index is 6.05. The fourth-order valence-corrected chi connectivity index (χ4v) is 5.94.